The molecule has 2 aliphatic heterocycles. The molecule has 0 aromatic heterocycles. The van der Waals surface area contributed by atoms with Crippen LogP contribution in [0.1, 0.15) is 22.3 Å². The lowest BCUT2D eigenvalue weighted by molar-refractivity contribution is -0.120. The summed E-state index contributed by atoms with van der Waals surface area (Å²) in [4.78, 5) is 12.2. The molecule has 2 aliphatic rings. The largest absolute Gasteiger partial charge is 0.493 e. The molecule has 1 N–H and O–H groups in total. The predicted molar refractivity (Wildman–Crippen MR) is 86.8 cm³/mol. The molecule has 0 unspecified atom stereocenters. The van der Waals surface area contributed by atoms with Gasteiger partial charge in [-0.1, -0.05) is 30.3 Å². The Bertz CT molecular complexity index is 708. The van der Waals surface area contributed by atoms with E-state index in [-0.39, 0.29) is 5.91 Å². The number of benzene rings is 2. The zero-order chi connectivity index (χ0) is 15.6. The topological polar surface area (TPSA) is 47.6 Å². The van der Waals surface area contributed by atoms with Gasteiger partial charge in [-0.2, -0.15) is 0 Å². The molecule has 4 nitrogen and oxygen atoms in total. The maximum absolute atomic E-state index is 12.2. The smallest absolute Gasteiger partial charge is 0.224 e. The summed E-state index contributed by atoms with van der Waals surface area (Å²) < 4.78 is 11.5. The van der Waals surface area contributed by atoms with E-state index in [2.05, 4.69) is 11.4 Å². The molecule has 4 heteroatoms. The molecule has 0 saturated heterocycles. The number of nitrogens with one attached hydrogen (secondary N) is 1. The highest BCUT2D eigenvalue weighted by atomic mass is 16.5. The van der Waals surface area contributed by atoms with E-state index in [0.717, 1.165) is 35.5 Å². The number of fused-ring (bicyclic) bond motifs is 2. The Morgan fingerprint density at radius 2 is 1.91 bits per heavy atom. The average molecular weight is 309 g/mol. The SMILES string of the molecule is O=C(Cc1ccccc1)NCc1c2c(cc3c1OCC3)OCC2. The van der Waals surface area contributed by atoms with Crippen LogP contribution in [0.4, 0.5) is 0 Å². The average Bonchev–Trinajstić information content (AvgIpc) is 3.21. The normalized spacial score (nSPS) is 14.6. The number of carbonyl (C=O) groups is 1. The van der Waals surface area contributed by atoms with Crippen LogP contribution in [-0.2, 0) is 30.6 Å². The third kappa shape index (κ3) is 2.77. The number of hydrogen-bond acceptors (Lipinski definition) is 3. The van der Waals surface area contributed by atoms with Gasteiger partial charge in [0.1, 0.15) is 11.5 Å². The quantitative estimate of drug-likeness (QED) is 0.943. The Kier molecular flexibility index (Phi) is 3.66. The lowest BCUT2D eigenvalue weighted by Crippen LogP contribution is -2.25. The fraction of sp³-hybridized carbons (Fsp3) is 0.316. The molecule has 0 bridgehead atoms. The van der Waals surface area contributed by atoms with Gasteiger partial charge in [-0.25, -0.2) is 0 Å². The van der Waals surface area contributed by atoms with Crippen LogP contribution in [0.15, 0.2) is 36.4 Å². The molecule has 0 saturated carbocycles. The minimum Gasteiger partial charge on any atom is -0.493 e. The minimum absolute atomic E-state index is 0.0273. The van der Waals surface area contributed by atoms with Crippen LogP contribution in [0, 0.1) is 0 Å². The van der Waals surface area contributed by atoms with Gasteiger partial charge >= 0.3 is 0 Å². The fourth-order valence-corrected chi connectivity index (χ4v) is 3.30. The summed E-state index contributed by atoms with van der Waals surface area (Å²) in [7, 11) is 0. The van der Waals surface area contributed by atoms with Gasteiger partial charge in [0.2, 0.25) is 5.91 Å². The number of amides is 1. The predicted octanol–water partition coefficient (Wildman–Crippen LogP) is 2.42. The third-order valence-electron chi connectivity index (χ3n) is 4.43. The van der Waals surface area contributed by atoms with Gasteiger partial charge in [0.05, 0.1) is 19.6 Å². The first-order valence-electron chi connectivity index (χ1n) is 8.05. The van der Waals surface area contributed by atoms with E-state index in [4.69, 9.17) is 9.47 Å². The summed E-state index contributed by atoms with van der Waals surface area (Å²) in [5.41, 5.74) is 4.49. The van der Waals surface area contributed by atoms with Crippen molar-refractivity contribution in [3.8, 4) is 11.5 Å². The van der Waals surface area contributed by atoms with Gasteiger partial charge in [-0.05, 0) is 11.6 Å². The zero-order valence-electron chi connectivity index (χ0n) is 12.9. The first-order valence-corrected chi connectivity index (χ1v) is 8.05. The van der Waals surface area contributed by atoms with Crippen molar-refractivity contribution >= 4 is 5.91 Å². The highest BCUT2D eigenvalue weighted by Gasteiger charge is 2.26. The van der Waals surface area contributed by atoms with Crippen LogP contribution in [-0.4, -0.2) is 19.1 Å². The van der Waals surface area contributed by atoms with Crippen molar-refractivity contribution in [2.24, 2.45) is 0 Å². The zero-order valence-corrected chi connectivity index (χ0v) is 12.9. The molecule has 0 aliphatic carbocycles. The monoisotopic (exact) mass is 309 g/mol. The molecule has 2 aromatic carbocycles. The highest BCUT2D eigenvalue weighted by Crippen LogP contribution is 2.40. The standard InChI is InChI=1S/C19H19NO3/c21-18(10-13-4-2-1-3-5-13)20-12-16-15-7-9-22-17(15)11-14-6-8-23-19(14)16/h1-5,11H,6-10,12H2,(H,20,21). The molecule has 23 heavy (non-hydrogen) atoms. The van der Waals surface area contributed by atoms with E-state index in [1.807, 2.05) is 30.3 Å². The molecular formula is C19H19NO3. The molecule has 2 heterocycles. The van der Waals surface area contributed by atoms with Gasteiger partial charge in [0, 0.05) is 36.1 Å². The summed E-state index contributed by atoms with van der Waals surface area (Å²) >= 11 is 0. The molecule has 4 rings (SSSR count). The van der Waals surface area contributed by atoms with Crippen LogP contribution < -0.4 is 14.8 Å². The molecule has 0 atom stereocenters. The number of ether oxygens (including phenoxy) is 2. The number of rotatable bonds is 4. The van der Waals surface area contributed by atoms with Crippen molar-refractivity contribution in [3.05, 3.63) is 58.7 Å². The van der Waals surface area contributed by atoms with Crippen LogP contribution >= 0.6 is 0 Å². The number of hydrogen-bond donors (Lipinski definition) is 1. The van der Waals surface area contributed by atoms with Crippen LogP contribution in [0.25, 0.3) is 0 Å². The second-order valence-corrected chi connectivity index (χ2v) is 5.96. The third-order valence-corrected chi connectivity index (χ3v) is 4.43. The molecule has 0 radical (unpaired) electrons. The summed E-state index contributed by atoms with van der Waals surface area (Å²) in [6.07, 6.45) is 2.20. The summed E-state index contributed by atoms with van der Waals surface area (Å²) in [5, 5.41) is 3.03. The Balaban J connectivity index is 1.50. The van der Waals surface area contributed by atoms with Crippen molar-refractivity contribution in [3.63, 3.8) is 0 Å². The second-order valence-electron chi connectivity index (χ2n) is 5.96. The molecular weight excluding hydrogens is 290 g/mol. The van der Waals surface area contributed by atoms with E-state index < -0.39 is 0 Å². The number of carbonyl (C=O) groups excluding carboxylic acids is 1. The molecule has 0 spiro atoms. The van der Waals surface area contributed by atoms with E-state index in [9.17, 15) is 4.79 Å². The van der Waals surface area contributed by atoms with Crippen LogP contribution in [0.2, 0.25) is 0 Å². The Morgan fingerprint density at radius 3 is 2.78 bits per heavy atom. The van der Waals surface area contributed by atoms with Gasteiger partial charge in [-0.15, -0.1) is 0 Å². The van der Waals surface area contributed by atoms with Gasteiger partial charge in [-0.3, -0.25) is 4.79 Å². The Labute approximate surface area is 135 Å². The molecule has 0 fully saturated rings. The summed E-state index contributed by atoms with van der Waals surface area (Å²) in [5.74, 6) is 1.94. The summed E-state index contributed by atoms with van der Waals surface area (Å²) in [6, 6.07) is 11.9. The van der Waals surface area contributed by atoms with Gasteiger partial charge < -0.3 is 14.8 Å². The van der Waals surface area contributed by atoms with E-state index in [1.165, 1.54) is 11.1 Å². The van der Waals surface area contributed by atoms with E-state index in [0.29, 0.717) is 26.2 Å². The van der Waals surface area contributed by atoms with Crippen LogP contribution in [0.3, 0.4) is 0 Å². The maximum Gasteiger partial charge on any atom is 0.224 e. The second kappa shape index (κ2) is 5.95. The molecule has 2 aromatic rings. The van der Waals surface area contributed by atoms with Gasteiger partial charge in [0.15, 0.2) is 0 Å². The van der Waals surface area contributed by atoms with Crippen LogP contribution in [0.5, 0.6) is 11.5 Å². The Morgan fingerprint density at radius 1 is 1.09 bits per heavy atom. The highest BCUT2D eigenvalue weighted by molar-refractivity contribution is 5.78. The van der Waals surface area contributed by atoms with Crippen molar-refractivity contribution in [1.82, 2.24) is 5.32 Å². The van der Waals surface area contributed by atoms with Crippen molar-refractivity contribution < 1.29 is 14.3 Å². The van der Waals surface area contributed by atoms with E-state index >= 15 is 0 Å². The lowest BCUT2D eigenvalue weighted by atomic mass is 9.99. The summed E-state index contributed by atoms with van der Waals surface area (Å²) in [6.45, 7) is 1.92. The van der Waals surface area contributed by atoms with Crippen molar-refractivity contribution in [1.29, 1.82) is 0 Å². The fourth-order valence-electron chi connectivity index (χ4n) is 3.30. The van der Waals surface area contributed by atoms with Crippen molar-refractivity contribution in [2.45, 2.75) is 25.8 Å². The molecule has 1 amide bonds. The minimum atomic E-state index is 0.0273. The lowest BCUT2D eigenvalue weighted by Gasteiger charge is -2.13. The first kappa shape index (κ1) is 14.1. The van der Waals surface area contributed by atoms with Crippen molar-refractivity contribution in [2.75, 3.05) is 13.2 Å². The maximum atomic E-state index is 12.2. The van der Waals surface area contributed by atoms with Gasteiger partial charge in [0.25, 0.3) is 0 Å². The Hall–Kier alpha value is -2.49. The molecule has 118 valence electrons. The first-order chi connectivity index (χ1) is 11.3. The van der Waals surface area contributed by atoms with E-state index in [1.54, 1.807) is 0 Å².